The first-order valence-electron chi connectivity index (χ1n) is 6.86. The maximum atomic E-state index is 12.6. The number of pyridine rings is 2. The fourth-order valence-corrected chi connectivity index (χ4v) is 2.56. The minimum Gasteiger partial charge on any atom is -0.266 e. The van der Waals surface area contributed by atoms with Gasteiger partial charge in [0, 0.05) is 12.4 Å². The summed E-state index contributed by atoms with van der Waals surface area (Å²) in [6, 6.07) is 7.18. The van der Waals surface area contributed by atoms with E-state index >= 15 is 0 Å². The van der Waals surface area contributed by atoms with Gasteiger partial charge in [-0.1, -0.05) is 0 Å². The standard InChI is InChI=1S/C16H12N4O2/c1-9-3-5-19-11(7-9)17-13-14(15(19)21)18-12-8-10(2)4-6-20(12)16(13)22/h3-8H,1-2H3. The Morgan fingerprint density at radius 2 is 1.18 bits per heavy atom. The molecule has 4 aromatic rings. The van der Waals surface area contributed by atoms with Crippen molar-refractivity contribution in [1.29, 1.82) is 0 Å². The summed E-state index contributed by atoms with van der Waals surface area (Å²) in [5.41, 5.74) is 2.36. The predicted octanol–water partition coefficient (Wildman–Crippen LogP) is 1.47. The molecule has 0 bridgehead atoms. The number of hydrogen-bond acceptors (Lipinski definition) is 4. The number of nitrogens with zero attached hydrogens (tertiary/aromatic N) is 4. The average Bonchev–Trinajstić information content (AvgIpc) is 2.48. The Kier molecular flexibility index (Phi) is 2.45. The van der Waals surface area contributed by atoms with E-state index in [2.05, 4.69) is 9.97 Å². The smallest absolute Gasteiger partial charge is 0.266 e. The van der Waals surface area contributed by atoms with Crippen LogP contribution < -0.4 is 11.1 Å². The number of aryl methyl sites for hydroxylation is 2. The van der Waals surface area contributed by atoms with E-state index in [1.165, 1.54) is 8.80 Å². The molecule has 0 aliphatic heterocycles. The molecule has 0 aromatic carbocycles. The van der Waals surface area contributed by atoms with Gasteiger partial charge < -0.3 is 0 Å². The Morgan fingerprint density at radius 1 is 0.773 bits per heavy atom. The third-order valence-electron chi connectivity index (χ3n) is 3.70. The van der Waals surface area contributed by atoms with Crippen molar-refractivity contribution < 1.29 is 0 Å². The zero-order valence-corrected chi connectivity index (χ0v) is 12.1. The summed E-state index contributed by atoms with van der Waals surface area (Å²) >= 11 is 0. The van der Waals surface area contributed by atoms with Gasteiger partial charge in [0.1, 0.15) is 11.3 Å². The van der Waals surface area contributed by atoms with Gasteiger partial charge in [0.25, 0.3) is 11.1 Å². The van der Waals surface area contributed by atoms with E-state index in [1.807, 2.05) is 26.0 Å². The Labute approximate surface area is 124 Å². The van der Waals surface area contributed by atoms with E-state index < -0.39 is 0 Å². The van der Waals surface area contributed by atoms with Gasteiger partial charge in [-0.15, -0.1) is 0 Å². The minimum atomic E-state index is -0.332. The lowest BCUT2D eigenvalue weighted by molar-refractivity contribution is 1.01. The Morgan fingerprint density at radius 3 is 1.59 bits per heavy atom. The first kappa shape index (κ1) is 12.7. The van der Waals surface area contributed by atoms with Crippen LogP contribution in [0.25, 0.3) is 22.3 Å². The SMILES string of the molecule is Cc1ccn2c(=O)c3nc4cc(C)ccn4c(=O)c3nc2c1. The molecule has 0 unspecified atom stereocenters. The largest absolute Gasteiger partial charge is 0.284 e. The second-order valence-electron chi connectivity index (χ2n) is 5.40. The van der Waals surface area contributed by atoms with Crippen LogP contribution in [0.5, 0.6) is 0 Å². The topological polar surface area (TPSA) is 68.7 Å². The molecule has 0 fully saturated rings. The Balaban J connectivity index is 2.31. The molecular weight excluding hydrogens is 280 g/mol. The lowest BCUT2D eigenvalue weighted by Crippen LogP contribution is -2.24. The van der Waals surface area contributed by atoms with Crippen LogP contribution in [0.1, 0.15) is 11.1 Å². The Bertz CT molecular complexity index is 1090. The third kappa shape index (κ3) is 1.67. The molecule has 108 valence electrons. The minimum absolute atomic E-state index is 0.0944. The maximum absolute atomic E-state index is 12.6. The fourth-order valence-electron chi connectivity index (χ4n) is 2.56. The van der Waals surface area contributed by atoms with Crippen LogP contribution in [0.4, 0.5) is 0 Å². The zero-order chi connectivity index (χ0) is 15.4. The molecular formula is C16H12N4O2. The molecule has 0 amide bonds. The summed E-state index contributed by atoms with van der Waals surface area (Å²) < 4.78 is 2.82. The number of aromatic nitrogens is 4. The van der Waals surface area contributed by atoms with Crippen molar-refractivity contribution in [1.82, 2.24) is 18.8 Å². The summed E-state index contributed by atoms with van der Waals surface area (Å²) in [5.74, 6) is 0. The van der Waals surface area contributed by atoms with E-state index in [0.29, 0.717) is 11.3 Å². The zero-order valence-electron chi connectivity index (χ0n) is 12.1. The molecule has 0 saturated carbocycles. The van der Waals surface area contributed by atoms with Crippen LogP contribution >= 0.6 is 0 Å². The highest BCUT2D eigenvalue weighted by atomic mass is 16.1. The van der Waals surface area contributed by atoms with Crippen LogP contribution in [0.3, 0.4) is 0 Å². The molecule has 0 aliphatic rings. The highest BCUT2D eigenvalue weighted by molar-refractivity contribution is 5.77. The Hall–Kier alpha value is -3.02. The van der Waals surface area contributed by atoms with Crippen LogP contribution in [0.15, 0.2) is 46.2 Å². The summed E-state index contributed by atoms with van der Waals surface area (Å²) in [6.45, 7) is 3.81. The molecule has 6 nitrogen and oxygen atoms in total. The predicted molar refractivity (Wildman–Crippen MR) is 83.5 cm³/mol. The molecule has 4 aromatic heterocycles. The molecule has 6 heteroatoms. The van der Waals surface area contributed by atoms with Crippen molar-refractivity contribution in [2.24, 2.45) is 0 Å². The van der Waals surface area contributed by atoms with Gasteiger partial charge in [0.15, 0.2) is 11.0 Å². The van der Waals surface area contributed by atoms with E-state index in [1.54, 1.807) is 24.5 Å². The fraction of sp³-hybridized carbons (Fsp3) is 0.125. The van der Waals surface area contributed by atoms with Gasteiger partial charge in [0.05, 0.1) is 0 Å². The van der Waals surface area contributed by atoms with Gasteiger partial charge in [-0.3, -0.25) is 18.4 Å². The van der Waals surface area contributed by atoms with Crippen molar-refractivity contribution in [3.8, 4) is 0 Å². The van der Waals surface area contributed by atoms with Gasteiger partial charge in [-0.05, 0) is 49.2 Å². The summed E-state index contributed by atoms with van der Waals surface area (Å²) in [5, 5.41) is 0. The highest BCUT2D eigenvalue weighted by Crippen LogP contribution is 2.08. The van der Waals surface area contributed by atoms with Crippen molar-refractivity contribution in [2.45, 2.75) is 13.8 Å². The van der Waals surface area contributed by atoms with Crippen molar-refractivity contribution in [3.63, 3.8) is 0 Å². The van der Waals surface area contributed by atoms with E-state index in [0.717, 1.165) is 11.1 Å². The van der Waals surface area contributed by atoms with Gasteiger partial charge in [-0.2, -0.15) is 0 Å². The molecule has 0 atom stereocenters. The number of hydrogen-bond donors (Lipinski definition) is 0. The quantitative estimate of drug-likeness (QED) is 0.460. The normalized spacial score (nSPS) is 11.5. The highest BCUT2D eigenvalue weighted by Gasteiger charge is 2.12. The van der Waals surface area contributed by atoms with Crippen molar-refractivity contribution in [3.05, 3.63) is 68.5 Å². The van der Waals surface area contributed by atoms with Gasteiger partial charge >= 0.3 is 0 Å². The summed E-state index contributed by atoms with van der Waals surface area (Å²) in [6.07, 6.45) is 3.30. The maximum Gasteiger partial charge on any atom is 0.284 e. The third-order valence-corrected chi connectivity index (χ3v) is 3.70. The van der Waals surface area contributed by atoms with Crippen molar-refractivity contribution in [2.75, 3.05) is 0 Å². The summed E-state index contributed by atoms with van der Waals surface area (Å²) in [7, 11) is 0. The molecule has 22 heavy (non-hydrogen) atoms. The molecule has 0 N–H and O–H groups in total. The van der Waals surface area contributed by atoms with Gasteiger partial charge in [-0.25, -0.2) is 9.97 Å². The number of fused-ring (bicyclic) bond motifs is 3. The molecule has 0 aliphatic carbocycles. The van der Waals surface area contributed by atoms with Crippen LogP contribution in [-0.4, -0.2) is 18.8 Å². The monoisotopic (exact) mass is 292 g/mol. The van der Waals surface area contributed by atoms with E-state index in [-0.39, 0.29) is 22.2 Å². The first-order chi connectivity index (χ1) is 10.5. The molecule has 4 heterocycles. The van der Waals surface area contributed by atoms with Crippen LogP contribution in [0.2, 0.25) is 0 Å². The first-order valence-corrected chi connectivity index (χ1v) is 6.86. The molecule has 0 radical (unpaired) electrons. The second kappa shape index (κ2) is 4.24. The average molecular weight is 292 g/mol. The van der Waals surface area contributed by atoms with Gasteiger partial charge in [0.2, 0.25) is 0 Å². The molecule has 0 saturated heterocycles. The van der Waals surface area contributed by atoms with E-state index in [4.69, 9.17) is 0 Å². The van der Waals surface area contributed by atoms with Crippen molar-refractivity contribution >= 4 is 22.3 Å². The summed E-state index contributed by atoms with van der Waals surface area (Å²) in [4.78, 5) is 33.9. The second-order valence-corrected chi connectivity index (χ2v) is 5.40. The molecule has 4 rings (SSSR count). The lowest BCUT2D eigenvalue weighted by atomic mass is 10.3. The lowest BCUT2D eigenvalue weighted by Gasteiger charge is -2.06. The van der Waals surface area contributed by atoms with E-state index in [9.17, 15) is 9.59 Å². The van der Waals surface area contributed by atoms with Crippen LogP contribution in [-0.2, 0) is 0 Å². The number of rotatable bonds is 0. The molecule has 0 spiro atoms. The van der Waals surface area contributed by atoms with Crippen LogP contribution in [0, 0.1) is 13.8 Å².